The summed E-state index contributed by atoms with van der Waals surface area (Å²) in [5.74, 6) is 0. The summed E-state index contributed by atoms with van der Waals surface area (Å²) in [6.45, 7) is 9.53. The minimum absolute atomic E-state index is 0.526. The Bertz CT molecular complexity index is 450. The lowest BCUT2D eigenvalue weighted by Gasteiger charge is -2.03. The zero-order chi connectivity index (χ0) is 12.0. The summed E-state index contributed by atoms with van der Waals surface area (Å²) < 4.78 is 0. The van der Waals surface area contributed by atoms with Gasteiger partial charge in [-0.25, -0.2) is 0 Å². The molecular weight excluding hydrogens is 216 g/mol. The summed E-state index contributed by atoms with van der Waals surface area (Å²) in [6, 6.07) is 8.14. The largest absolute Gasteiger partial charge is 0.0955 e. The molecule has 0 N–H and O–H groups in total. The smallest absolute Gasteiger partial charge is 0.0334 e. The van der Waals surface area contributed by atoms with E-state index in [1.165, 1.54) is 0 Å². The van der Waals surface area contributed by atoms with E-state index in [0.29, 0.717) is 5.03 Å². The van der Waals surface area contributed by atoms with Crippen LogP contribution in [0.1, 0.15) is 18.1 Å². The summed E-state index contributed by atoms with van der Waals surface area (Å²) in [4.78, 5) is 0. The van der Waals surface area contributed by atoms with Crippen LogP contribution in [0.3, 0.4) is 0 Å². The molecule has 0 nitrogen and oxygen atoms in total. The summed E-state index contributed by atoms with van der Waals surface area (Å²) in [6.07, 6.45) is 7.58. The van der Waals surface area contributed by atoms with Gasteiger partial charge in [0.15, 0.2) is 0 Å². The second-order valence-electron chi connectivity index (χ2n) is 3.53. The van der Waals surface area contributed by atoms with Crippen LogP contribution in [0.15, 0.2) is 60.7 Å². The van der Waals surface area contributed by atoms with Gasteiger partial charge in [0.25, 0.3) is 0 Å². The molecular formula is C15H15Cl. The van der Waals surface area contributed by atoms with Gasteiger partial charge in [-0.3, -0.25) is 0 Å². The maximum Gasteiger partial charge on any atom is 0.0334 e. The highest BCUT2D eigenvalue weighted by molar-refractivity contribution is 6.30. The normalized spacial score (nSPS) is 11.1. The highest BCUT2D eigenvalue weighted by atomic mass is 35.5. The monoisotopic (exact) mass is 230 g/mol. The molecule has 0 aliphatic rings. The average Bonchev–Trinajstić information content (AvgIpc) is 2.24. The van der Waals surface area contributed by atoms with Gasteiger partial charge in [0.1, 0.15) is 0 Å². The van der Waals surface area contributed by atoms with E-state index in [1.807, 2.05) is 37.3 Å². The van der Waals surface area contributed by atoms with E-state index < -0.39 is 0 Å². The van der Waals surface area contributed by atoms with Crippen LogP contribution in [-0.2, 0) is 0 Å². The van der Waals surface area contributed by atoms with Crippen molar-refractivity contribution in [2.24, 2.45) is 0 Å². The molecule has 0 aromatic heterocycles. The first kappa shape index (κ1) is 12.5. The standard InChI is InChI=1S/C15H15Cl/c1-12(2)15-11-7-6-10-14(15)9-5-4-8-13(3)16/h4-11H,1,3H2,2H3/b8-4+,9-5+. The van der Waals surface area contributed by atoms with Gasteiger partial charge in [0.05, 0.1) is 0 Å². The Kier molecular flexibility index (Phi) is 4.81. The van der Waals surface area contributed by atoms with Crippen molar-refractivity contribution in [2.75, 3.05) is 0 Å². The predicted octanol–water partition coefficient (Wildman–Crippen LogP) is 5.04. The molecule has 1 aromatic rings. The van der Waals surface area contributed by atoms with Gasteiger partial charge in [-0.05, 0) is 24.1 Å². The van der Waals surface area contributed by atoms with Crippen LogP contribution in [0.2, 0.25) is 0 Å². The van der Waals surface area contributed by atoms with E-state index in [2.05, 4.69) is 25.3 Å². The molecule has 0 saturated heterocycles. The molecule has 0 radical (unpaired) electrons. The summed E-state index contributed by atoms with van der Waals surface area (Å²) >= 11 is 5.61. The lowest BCUT2D eigenvalue weighted by Crippen LogP contribution is -1.82. The van der Waals surface area contributed by atoms with Crippen LogP contribution in [0.4, 0.5) is 0 Å². The molecule has 0 bridgehead atoms. The fourth-order valence-electron chi connectivity index (χ4n) is 1.35. The Morgan fingerprint density at radius 3 is 2.50 bits per heavy atom. The zero-order valence-corrected chi connectivity index (χ0v) is 10.2. The third-order valence-electron chi connectivity index (χ3n) is 2.08. The molecule has 0 atom stereocenters. The fraction of sp³-hybridized carbons (Fsp3) is 0.0667. The second kappa shape index (κ2) is 6.14. The van der Waals surface area contributed by atoms with Crippen molar-refractivity contribution in [1.82, 2.24) is 0 Å². The van der Waals surface area contributed by atoms with E-state index >= 15 is 0 Å². The van der Waals surface area contributed by atoms with Crippen molar-refractivity contribution in [3.05, 3.63) is 71.8 Å². The Labute approximate surface area is 102 Å². The van der Waals surface area contributed by atoms with Crippen molar-refractivity contribution in [1.29, 1.82) is 0 Å². The van der Waals surface area contributed by atoms with Crippen LogP contribution in [0.25, 0.3) is 11.6 Å². The molecule has 1 heteroatoms. The molecule has 1 rings (SSSR count). The van der Waals surface area contributed by atoms with Gasteiger partial charge in [0.2, 0.25) is 0 Å². The Balaban J connectivity index is 2.89. The van der Waals surface area contributed by atoms with Gasteiger partial charge >= 0.3 is 0 Å². The number of hydrogen-bond donors (Lipinski definition) is 0. The van der Waals surface area contributed by atoms with E-state index in [9.17, 15) is 0 Å². The third kappa shape index (κ3) is 3.92. The van der Waals surface area contributed by atoms with Crippen LogP contribution in [-0.4, -0.2) is 0 Å². The van der Waals surface area contributed by atoms with Crippen molar-refractivity contribution < 1.29 is 0 Å². The molecule has 1 aromatic carbocycles. The van der Waals surface area contributed by atoms with Crippen LogP contribution in [0, 0.1) is 0 Å². The molecule has 82 valence electrons. The van der Waals surface area contributed by atoms with Gasteiger partial charge < -0.3 is 0 Å². The van der Waals surface area contributed by atoms with Gasteiger partial charge in [-0.15, -0.1) is 0 Å². The minimum atomic E-state index is 0.526. The molecule has 0 amide bonds. The van der Waals surface area contributed by atoms with E-state index in [1.54, 1.807) is 6.08 Å². The molecule has 0 saturated carbocycles. The van der Waals surface area contributed by atoms with Crippen LogP contribution in [0.5, 0.6) is 0 Å². The Morgan fingerprint density at radius 1 is 1.19 bits per heavy atom. The molecule has 0 heterocycles. The number of hydrogen-bond acceptors (Lipinski definition) is 0. The highest BCUT2D eigenvalue weighted by Gasteiger charge is 1.97. The molecule has 0 spiro atoms. The van der Waals surface area contributed by atoms with Crippen molar-refractivity contribution in [3.63, 3.8) is 0 Å². The molecule has 0 aliphatic heterocycles. The SMILES string of the molecule is C=C(Cl)/C=C/C=C/c1ccccc1C(=C)C. The first-order chi connectivity index (χ1) is 7.61. The lowest BCUT2D eigenvalue weighted by atomic mass is 10.0. The third-order valence-corrected chi connectivity index (χ3v) is 2.21. The lowest BCUT2D eigenvalue weighted by molar-refractivity contribution is 1.54. The van der Waals surface area contributed by atoms with Gasteiger partial charge in [0, 0.05) is 5.03 Å². The average molecular weight is 231 g/mol. The molecule has 0 aliphatic carbocycles. The van der Waals surface area contributed by atoms with E-state index in [0.717, 1.165) is 16.7 Å². The van der Waals surface area contributed by atoms with Gasteiger partial charge in [-0.2, -0.15) is 0 Å². The summed E-state index contributed by atoms with van der Waals surface area (Å²) in [5.41, 5.74) is 3.38. The quantitative estimate of drug-likeness (QED) is 0.636. The predicted molar refractivity (Wildman–Crippen MR) is 74.3 cm³/mol. The molecule has 0 fully saturated rings. The Hall–Kier alpha value is -1.53. The van der Waals surface area contributed by atoms with Crippen LogP contribution < -0.4 is 0 Å². The summed E-state index contributed by atoms with van der Waals surface area (Å²) in [5, 5.41) is 0.526. The first-order valence-corrected chi connectivity index (χ1v) is 5.43. The maximum absolute atomic E-state index is 5.61. The highest BCUT2D eigenvalue weighted by Crippen LogP contribution is 2.18. The molecule has 0 unspecified atom stereocenters. The number of halogens is 1. The second-order valence-corrected chi connectivity index (χ2v) is 4.02. The van der Waals surface area contributed by atoms with Gasteiger partial charge in [-0.1, -0.05) is 72.8 Å². The fourth-order valence-corrected chi connectivity index (χ4v) is 1.42. The Morgan fingerprint density at radius 2 is 1.88 bits per heavy atom. The summed E-state index contributed by atoms with van der Waals surface area (Å²) in [7, 11) is 0. The zero-order valence-electron chi connectivity index (χ0n) is 9.41. The number of benzene rings is 1. The first-order valence-electron chi connectivity index (χ1n) is 5.05. The van der Waals surface area contributed by atoms with Crippen molar-refractivity contribution >= 4 is 23.3 Å². The van der Waals surface area contributed by atoms with E-state index in [4.69, 9.17) is 11.6 Å². The van der Waals surface area contributed by atoms with Crippen molar-refractivity contribution in [2.45, 2.75) is 6.92 Å². The maximum atomic E-state index is 5.61. The van der Waals surface area contributed by atoms with Crippen LogP contribution >= 0.6 is 11.6 Å². The van der Waals surface area contributed by atoms with E-state index in [-0.39, 0.29) is 0 Å². The van der Waals surface area contributed by atoms with Crippen molar-refractivity contribution in [3.8, 4) is 0 Å². The number of rotatable bonds is 4. The molecule has 16 heavy (non-hydrogen) atoms. The number of allylic oxidation sites excluding steroid dienone is 5. The topological polar surface area (TPSA) is 0 Å². The minimum Gasteiger partial charge on any atom is -0.0955 e.